The Bertz CT molecular complexity index is 469. The predicted octanol–water partition coefficient (Wildman–Crippen LogP) is 1.03. The maximum absolute atomic E-state index is 6.01. The van der Waals surface area contributed by atoms with E-state index in [0.29, 0.717) is 18.6 Å². The highest BCUT2D eigenvalue weighted by atomic mass is 16.5. The van der Waals surface area contributed by atoms with Crippen molar-refractivity contribution in [2.45, 2.75) is 50.2 Å². The number of fused-ring (bicyclic) bond motifs is 1. The van der Waals surface area contributed by atoms with E-state index in [0.717, 1.165) is 38.3 Å². The molecule has 2 N–H and O–H groups in total. The van der Waals surface area contributed by atoms with Crippen LogP contribution in [-0.4, -0.2) is 41.9 Å². The van der Waals surface area contributed by atoms with Gasteiger partial charge >= 0.3 is 0 Å². The summed E-state index contributed by atoms with van der Waals surface area (Å²) in [5.74, 6) is 1.79. The third-order valence-electron chi connectivity index (χ3n) is 4.58. The molecule has 4 rings (SSSR count). The van der Waals surface area contributed by atoms with Crippen molar-refractivity contribution in [3.63, 3.8) is 0 Å². The smallest absolute Gasteiger partial charge is 0.144 e. The Kier molecular flexibility index (Phi) is 2.86. The molecule has 1 aliphatic carbocycles. The molecule has 0 aromatic carbocycles. The summed E-state index contributed by atoms with van der Waals surface area (Å²) in [5, 5.41) is 4.25. The summed E-state index contributed by atoms with van der Waals surface area (Å²) in [5.41, 5.74) is 8.55. The molecule has 0 amide bonds. The third-order valence-corrected chi connectivity index (χ3v) is 4.58. The molecule has 3 aliphatic rings. The Hall–Kier alpha value is -0.910. The Morgan fingerprint density at radius 1 is 1.26 bits per heavy atom. The lowest BCUT2D eigenvalue weighted by Gasteiger charge is -2.38. The highest BCUT2D eigenvalue weighted by Crippen LogP contribution is 2.43. The average molecular weight is 263 g/mol. The van der Waals surface area contributed by atoms with E-state index in [1.807, 2.05) is 0 Å². The van der Waals surface area contributed by atoms with Crippen LogP contribution in [0.5, 0.6) is 0 Å². The van der Waals surface area contributed by atoms with Gasteiger partial charge in [-0.25, -0.2) is 0 Å². The van der Waals surface area contributed by atoms with Crippen LogP contribution in [0.4, 0.5) is 0 Å². The van der Waals surface area contributed by atoms with Gasteiger partial charge in [-0.3, -0.25) is 4.90 Å². The van der Waals surface area contributed by atoms with Gasteiger partial charge in [-0.2, -0.15) is 0 Å². The number of ether oxygens (including phenoxy) is 1. The van der Waals surface area contributed by atoms with E-state index in [9.17, 15) is 0 Å². The molecule has 1 saturated heterocycles. The fourth-order valence-corrected chi connectivity index (χ4v) is 3.33. The van der Waals surface area contributed by atoms with E-state index in [2.05, 4.69) is 10.1 Å². The van der Waals surface area contributed by atoms with Crippen LogP contribution in [0.25, 0.3) is 0 Å². The molecule has 1 aromatic heterocycles. The molecule has 2 aliphatic heterocycles. The maximum atomic E-state index is 6.01. The summed E-state index contributed by atoms with van der Waals surface area (Å²) in [6.45, 7) is 3.53. The molecule has 19 heavy (non-hydrogen) atoms. The molecule has 104 valence electrons. The normalized spacial score (nSPS) is 32.3. The van der Waals surface area contributed by atoms with Crippen molar-refractivity contribution >= 4 is 0 Å². The van der Waals surface area contributed by atoms with Gasteiger partial charge in [0.05, 0.1) is 18.9 Å². The zero-order valence-electron chi connectivity index (χ0n) is 11.2. The molecule has 0 spiro atoms. The molecule has 2 fully saturated rings. The van der Waals surface area contributed by atoms with E-state index in [-0.39, 0.29) is 6.04 Å². The Balaban J connectivity index is 1.52. The quantitative estimate of drug-likeness (QED) is 0.863. The first kappa shape index (κ1) is 11.9. The molecular formula is C14H21N3O2. The van der Waals surface area contributed by atoms with Crippen molar-refractivity contribution in [1.82, 2.24) is 10.1 Å². The molecule has 1 aromatic rings. The van der Waals surface area contributed by atoms with Gasteiger partial charge in [-0.1, -0.05) is 5.16 Å². The maximum Gasteiger partial charge on any atom is 0.144 e. The second-order valence-corrected chi connectivity index (χ2v) is 6.15. The number of aromatic nitrogens is 1. The van der Waals surface area contributed by atoms with Crippen molar-refractivity contribution in [2.75, 3.05) is 19.8 Å². The topological polar surface area (TPSA) is 64.5 Å². The molecule has 5 heteroatoms. The van der Waals surface area contributed by atoms with Gasteiger partial charge in [0, 0.05) is 43.1 Å². The van der Waals surface area contributed by atoms with Crippen molar-refractivity contribution in [3.05, 3.63) is 17.0 Å². The fraction of sp³-hybridized carbons (Fsp3) is 0.786. The molecular weight excluding hydrogens is 242 g/mol. The first-order valence-corrected chi connectivity index (χ1v) is 7.36. The SMILES string of the molecule is N[C@@H]1COC[C@H](N2CCc3noc(C4CC4)c3C2)C1. The van der Waals surface area contributed by atoms with Gasteiger partial charge in [-0.15, -0.1) is 0 Å². The van der Waals surface area contributed by atoms with Crippen LogP contribution in [0, 0.1) is 0 Å². The Morgan fingerprint density at radius 3 is 2.95 bits per heavy atom. The Morgan fingerprint density at radius 2 is 2.16 bits per heavy atom. The van der Waals surface area contributed by atoms with Crippen LogP contribution in [0.15, 0.2) is 4.52 Å². The van der Waals surface area contributed by atoms with Crippen LogP contribution >= 0.6 is 0 Å². The number of hydrogen-bond donors (Lipinski definition) is 1. The van der Waals surface area contributed by atoms with Gasteiger partial charge in [0.1, 0.15) is 5.76 Å². The molecule has 1 saturated carbocycles. The summed E-state index contributed by atoms with van der Waals surface area (Å²) >= 11 is 0. The first-order valence-electron chi connectivity index (χ1n) is 7.36. The number of nitrogens with zero attached hydrogens (tertiary/aromatic N) is 2. The average Bonchev–Trinajstić information content (AvgIpc) is 3.18. The van der Waals surface area contributed by atoms with Crippen LogP contribution in [-0.2, 0) is 17.7 Å². The monoisotopic (exact) mass is 263 g/mol. The summed E-state index contributed by atoms with van der Waals surface area (Å²) in [6, 6.07) is 0.643. The molecule has 2 atom stereocenters. The lowest BCUT2D eigenvalue weighted by atomic mass is 9.98. The van der Waals surface area contributed by atoms with Crippen molar-refractivity contribution in [3.8, 4) is 0 Å². The number of nitrogens with two attached hydrogens (primary N) is 1. The van der Waals surface area contributed by atoms with Crippen LogP contribution in [0.2, 0.25) is 0 Å². The van der Waals surface area contributed by atoms with Crippen molar-refractivity contribution in [2.24, 2.45) is 5.73 Å². The zero-order chi connectivity index (χ0) is 12.8. The van der Waals surface area contributed by atoms with E-state index >= 15 is 0 Å². The third kappa shape index (κ3) is 2.20. The number of hydrogen-bond acceptors (Lipinski definition) is 5. The van der Waals surface area contributed by atoms with Crippen LogP contribution < -0.4 is 5.73 Å². The van der Waals surface area contributed by atoms with Gasteiger partial charge in [0.25, 0.3) is 0 Å². The lowest BCUT2D eigenvalue weighted by Crippen LogP contribution is -2.49. The van der Waals surface area contributed by atoms with E-state index in [1.165, 1.54) is 24.1 Å². The second kappa shape index (κ2) is 4.58. The Labute approximate surface area is 113 Å². The van der Waals surface area contributed by atoms with Gasteiger partial charge in [0.15, 0.2) is 0 Å². The molecule has 3 heterocycles. The second-order valence-electron chi connectivity index (χ2n) is 6.15. The van der Waals surface area contributed by atoms with Crippen LogP contribution in [0.3, 0.4) is 0 Å². The summed E-state index contributed by atoms with van der Waals surface area (Å²) in [7, 11) is 0. The molecule has 0 unspecified atom stereocenters. The molecule has 5 nitrogen and oxygen atoms in total. The summed E-state index contributed by atoms with van der Waals surface area (Å²) in [6.07, 6.45) is 4.56. The minimum absolute atomic E-state index is 0.186. The summed E-state index contributed by atoms with van der Waals surface area (Å²) in [4.78, 5) is 2.50. The molecule has 0 radical (unpaired) electrons. The van der Waals surface area contributed by atoms with Crippen molar-refractivity contribution in [1.29, 1.82) is 0 Å². The zero-order valence-corrected chi connectivity index (χ0v) is 11.2. The standard InChI is InChI=1S/C14H21N3O2/c15-10-5-11(8-18-7-10)17-4-3-13-12(6-17)14(19-16-13)9-1-2-9/h9-11H,1-8,15H2/t10-,11+/m0/s1. The predicted molar refractivity (Wildman–Crippen MR) is 69.8 cm³/mol. The van der Waals surface area contributed by atoms with E-state index < -0.39 is 0 Å². The lowest BCUT2D eigenvalue weighted by molar-refractivity contribution is 0.00205. The minimum atomic E-state index is 0.186. The van der Waals surface area contributed by atoms with E-state index in [4.69, 9.17) is 15.0 Å². The first-order chi connectivity index (χ1) is 9.31. The van der Waals surface area contributed by atoms with Crippen molar-refractivity contribution < 1.29 is 9.26 Å². The minimum Gasteiger partial charge on any atom is -0.378 e. The highest BCUT2D eigenvalue weighted by molar-refractivity contribution is 5.30. The van der Waals surface area contributed by atoms with Crippen LogP contribution in [0.1, 0.15) is 42.2 Å². The van der Waals surface area contributed by atoms with Gasteiger partial charge in [-0.05, 0) is 19.3 Å². The summed E-state index contributed by atoms with van der Waals surface area (Å²) < 4.78 is 11.2. The molecule has 0 bridgehead atoms. The largest absolute Gasteiger partial charge is 0.378 e. The van der Waals surface area contributed by atoms with Gasteiger partial charge in [0.2, 0.25) is 0 Å². The fourth-order valence-electron chi connectivity index (χ4n) is 3.33. The van der Waals surface area contributed by atoms with Gasteiger partial charge < -0.3 is 15.0 Å². The highest BCUT2D eigenvalue weighted by Gasteiger charge is 2.36. The van der Waals surface area contributed by atoms with E-state index in [1.54, 1.807) is 0 Å². The number of rotatable bonds is 2.